The predicted octanol–water partition coefficient (Wildman–Crippen LogP) is 4.25. The van der Waals surface area contributed by atoms with Gasteiger partial charge in [0, 0.05) is 22.3 Å². The van der Waals surface area contributed by atoms with Gasteiger partial charge in [0.25, 0.3) is 11.6 Å². The molecular weight excluding hydrogens is 502 g/mol. The number of carbonyl (C=O) groups excluding carboxylic acids is 2. The Morgan fingerprint density at radius 2 is 1.82 bits per heavy atom. The number of nitrogens with zero attached hydrogens (tertiary/aromatic N) is 1. The van der Waals surface area contributed by atoms with E-state index in [9.17, 15) is 14.7 Å². The molecule has 34 heavy (non-hydrogen) atoms. The van der Waals surface area contributed by atoms with Gasteiger partial charge in [-0.2, -0.15) is 0 Å². The first-order chi connectivity index (χ1) is 16.4. The number of hydrogen-bond acceptors (Lipinski definition) is 5. The molecule has 8 nitrogen and oxygen atoms in total. The van der Waals surface area contributed by atoms with Gasteiger partial charge in [-0.05, 0) is 60.0 Å². The van der Waals surface area contributed by atoms with Gasteiger partial charge >= 0.3 is 6.03 Å². The van der Waals surface area contributed by atoms with Gasteiger partial charge in [-0.15, -0.1) is 0 Å². The minimum atomic E-state index is -2.29. The van der Waals surface area contributed by atoms with E-state index in [0.29, 0.717) is 27.3 Å². The number of halogens is 1. The van der Waals surface area contributed by atoms with Crippen LogP contribution in [0.25, 0.3) is 0 Å². The second-order valence-electron chi connectivity index (χ2n) is 8.02. The van der Waals surface area contributed by atoms with Gasteiger partial charge in [0.1, 0.15) is 0 Å². The molecule has 0 aromatic heterocycles. The SMILES string of the molecule is CCc1ccc(N2C(=O)Nc3ccc(Br)cc3[C@]2(O)C(=O)NCc2ccc3c(c2)OCO3)cc1. The van der Waals surface area contributed by atoms with E-state index in [0.717, 1.165) is 22.4 Å². The summed E-state index contributed by atoms with van der Waals surface area (Å²) in [6.07, 6.45) is 0.822. The van der Waals surface area contributed by atoms with E-state index < -0.39 is 17.7 Å². The Labute approximate surface area is 204 Å². The second kappa shape index (κ2) is 8.66. The Morgan fingerprint density at radius 3 is 2.59 bits per heavy atom. The molecule has 9 heteroatoms. The van der Waals surface area contributed by atoms with Crippen LogP contribution in [0.4, 0.5) is 16.2 Å². The molecule has 2 aliphatic rings. The molecule has 174 valence electrons. The number of nitrogens with one attached hydrogen (secondary N) is 2. The van der Waals surface area contributed by atoms with E-state index in [2.05, 4.69) is 26.6 Å². The fraction of sp³-hybridized carbons (Fsp3) is 0.200. The number of aryl methyl sites for hydroxylation is 1. The number of hydrogen-bond donors (Lipinski definition) is 3. The van der Waals surface area contributed by atoms with Crippen molar-refractivity contribution >= 4 is 39.2 Å². The molecule has 0 spiro atoms. The molecular formula is C25H22BrN3O5. The molecule has 1 atom stereocenters. The van der Waals surface area contributed by atoms with Crippen molar-refractivity contribution in [3.8, 4) is 11.5 Å². The largest absolute Gasteiger partial charge is 0.454 e. The van der Waals surface area contributed by atoms with E-state index in [1.54, 1.807) is 48.5 Å². The zero-order valence-corrected chi connectivity index (χ0v) is 19.9. The van der Waals surface area contributed by atoms with Crippen molar-refractivity contribution in [1.29, 1.82) is 0 Å². The number of aliphatic hydroxyl groups is 1. The highest BCUT2D eigenvalue weighted by Gasteiger charge is 2.52. The van der Waals surface area contributed by atoms with E-state index in [1.807, 2.05) is 19.1 Å². The summed E-state index contributed by atoms with van der Waals surface area (Å²) < 4.78 is 11.4. The smallest absolute Gasteiger partial charge is 0.329 e. The lowest BCUT2D eigenvalue weighted by molar-refractivity contribution is -0.140. The van der Waals surface area contributed by atoms with Gasteiger partial charge in [-0.3, -0.25) is 9.69 Å². The summed E-state index contributed by atoms with van der Waals surface area (Å²) in [5, 5.41) is 17.5. The predicted molar refractivity (Wildman–Crippen MR) is 130 cm³/mol. The van der Waals surface area contributed by atoms with Gasteiger partial charge in [0.05, 0.1) is 5.69 Å². The van der Waals surface area contributed by atoms with Crippen molar-refractivity contribution in [1.82, 2.24) is 5.32 Å². The number of anilines is 2. The number of carbonyl (C=O) groups is 2. The van der Waals surface area contributed by atoms with Crippen LogP contribution in [0.5, 0.6) is 11.5 Å². The van der Waals surface area contributed by atoms with Gasteiger partial charge in [-0.1, -0.05) is 41.1 Å². The van der Waals surface area contributed by atoms with E-state index in [4.69, 9.17) is 9.47 Å². The molecule has 0 fully saturated rings. The molecule has 2 aliphatic heterocycles. The quantitative estimate of drug-likeness (QED) is 0.464. The molecule has 2 heterocycles. The van der Waals surface area contributed by atoms with Crippen molar-refractivity contribution in [3.63, 3.8) is 0 Å². The lowest BCUT2D eigenvalue weighted by Gasteiger charge is -2.42. The standard InChI is InChI=1S/C25H22BrN3O5/c1-2-15-3-7-18(8-4-15)29-24(31)28-20-9-6-17(26)12-19(20)25(29,32)23(30)27-13-16-5-10-21-22(11-16)34-14-33-21/h3-12,32H,2,13-14H2,1H3,(H,27,30)(H,28,31)/t25-/m0/s1. The molecule has 0 aliphatic carbocycles. The third kappa shape index (κ3) is 3.76. The fourth-order valence-corrected chi connectivity index (χ4v) is 4.48. The van der Waals surface area contributed by atoms with Crippen molar-refractivity contribution in [2.75, 3.05) is 17.0 Å². The Kier molecular flexibility index (Phi) is 5.66. The highest BCUT2D eigenvalue weighted by molar-refractivity contribution is 9.10. The molecule has 3 amide bonds. The molecule has 0 saturated heterocycles. The van der Waals surface area contributed by atoms with Crippen LogP contribution in [0.15, 0.2) is 65.1 Å². The van der Waals surface area contributed by atoms with Crippen LogP contribution in [-0.4, -0.2) is 23.8 Å². The molecule has 3 aromatic carbocycles. The maximum absolute atomic E-state index is 13.6. The van der Waals surface area contributed by atoms with Crippen LogP contribution in [0.1, 0.15) is 23.6 Å². The Balaban J connectivity index is 1.52. The molecule has 3 aromatic rings. The zero-order chi connectivity index (χ0) is 23.9. The number of amides is 3. The van der Waals surface area contributed by atoms with Crippen LogP contribution in [0, 0.1) is 0 Å². The molecule has 0 bridgehead atoms. The van der Waals surface area contributed by atoms with Crippen molar-refractivity contribution in [2.45, 2.75) is 25.6 Å². The van der Waals surface area contributed by atoms with E-state index >= 15 is 0 Å². The van der Waals surface area contributed by atoms with Crippen LogP contribution in [0.3, 0.4) is 0 Å². The summed E-state index contributed by atoms with van der Waals surface area (Å²) in [4.78, 5) is 27.8. The van der Waals surface area contributed by atoms with Crippen molar-refractivity contribution in [3.05, 3.63) is 81.8 Å². The first kappa shape index (κ1) is 22.2. The Hall–Kier alpha value is -3.56. The maximum Gasteiger partial charge on any atom is 0.329 e. The number of fused-ring (bicyclic) bond motifs is 2. The average Bonchev–Trinajstić information content (AvgIpc) is 3.31. The summed E-state index contributed by atoms with van der Waals surface area (Å²) in [5.74, 6) is 0.492. The molecule has 3 N–H and O–H groups in total. The lowest BCUT2D eigenvalue weighted by atomic mass is 9.94. The van der Waals surface area contributed by atoms with E-state index in [1.165, 1.54) is 0 Å². The number of rotatable bonds is 5. The van der Waals surface area contributed by atoms with Gasteiger partial charge < -0.3 is 25.2 Å². The second-order valence-corrected chi connectivity index (χ2v) is 8.93. The molecule has 0 unspecified atom stereocenters. The first-order valence-corrected chi connectivity index (χ1v) is 11.6. The summed E-state index contributed by atoms with van der Waals surface area (Å²) in [6.45, 7) is 2.29. The van der Waals surface area contributed by atoms with Crippen LogP contribution >= 0.6 is 15.9 Å². The summed E-state index contributed by atoms with van der Waals surface area (Å²) in [7, 11) is 0. The third-order valence-electron chi connectivity index (χ3n) is 5.93. The number of benzene rings is 3. The molecule has 0 saturated carbocycles. The highest BCUT2D eigenvalue weighted by Crippen LogP contribution is 2.41. The van der Waals surface area contributed by atoms with E-state index in [-0.39, 0.29) is 18.9 Å². The number of ether oxygens (including phenoxy) is 2. The zero-order valence-electron chi connectivity index (χ0n) is 18.3. The van der Waals surface area contributed by atoms with Crippen LogP contribution < -0.4 is 25.0 Å². The summed E-state index contributed by atoms with van der Waals surface area (Å²) in [5.41, 5.74) is 0.543. The first-order valence-electron chi connectivity index (χ1n) is 10.8. The van der Waals surface area contributed by atoms with Crippen LogP contribution in [-0.2, 0) is 23.5 Å². The topological polar surface area (TPSA) is 100 Å². The molecule has 5 rings (SSSR count). The Bertz CT molecular complexity index is 1280. The lowest BCUT2D eigenvalue weighted by Crippen LogP contribution is -2.62. The average molecular weight is 524 g/mol. The van der Waals surface area contributed by atoms with Crippen molar-refractivity contribution < 1.29 is 24.2 Å². The minimum Gasteiger partial charge on any atom is -0.454 e. The summed E-state index contributed by atoms with van der Waals surface area (Å²) in [6, 6.07) is 16.9. The van der Waals surface area contributed by atoms with Gasteiger partial charge in [0.15, 0.2) is 11.5 Å². The highest BCUT2D eigenvalue weighted by atomic mass is 79.9. The normalized spacial score (nSPS) is 18.3. The maximum atomic E-state index is 13.6. The van der Waals surface area contributed by atoms with Crippen molar-refractivity contribution in [2.24, 2.45) is 0 Å². The van der Waals surface area contributed by atoms with Gasteiger partial charge in [-0.25, -0.2) is 4.79 Å². The third-order valence-corrected chi connectivity index (χ3v) is 6.43. The fourth-order valence-electron chi connectivity index (χ4n) is 4.12. The Morgan fingerprint density at radius 1 is 1.09 bits per heavy atom. The minimum absolute atomic E-state index is 0.116. The summed E-state index contributed by atoms with van der Waals surface area (Å²) >= 11 is 3.41. The monoisotopic (exact) mass is 523 g/mol. The van der Waals surface area contributed by atoms with Gasteiger partial charge in [0.2, 0.25) is 6.79 Å². The molecule has 0 radical (unpaired) electrons. The van der Waals surface area contributed by atoms with Crippen LogP contribution in [0.2, 0.25) is 0 Å². The number of urea groups is 1.